The first-order valence-electron chi connectivity index (χ1n) is 5.83. The zero-order valence-electron chi connectivity index (χ0n) is 10.8. The summed E-state index contributed by atoms with van der Waals surface area (Å²) in [5, 5.41) is 17.0. The fraction of sp³-hybridized carbons (Fsp3) is 0.833. The van der Waals surface area contributed by atoms with Crippen LogP contribution in [0.3, 0.4) is 0 Å². The number of rotatable bonds is 8. The van der Waals surface area contributed by atoms with Gasteiger partial charge in [-0.2, -0.15) is 0 Å². The molecule has 0 saturated heterocycles. The van der Waals surface area contributed by atoms with Crippen LogP contribution in [0.2, 0.25) is 0 Å². The molecule has 0 aliphatic heterocycles. The summed E-state index contributed by atoms with van der Waals surface area (Å²) in [6.45, 7) is 5.80. The van der Waals surface area contributed by atoms with Crippen molar-refractivity contribution in [3.63, 3.8) is 0 Å². The zero-order chi connectivity index (χ0) is 12.7. The van der Waals surface area contributed by atoms with Crippen LogP contribution in [0.25, 0.3) is 0 Å². The zero-order valence-corrected chi connectivity index (χ0v) is 10.8. The number of nitrogens with zero attached hydrogens (tertiary/aromatic N) is 1. The van der Waals surface area contributed by atoms with Crippen LogP contribution >= 0.6 is 0 Å². The maximum Gasteiger partial charge on any atom is 0.150 e. The van der Waals surface area contributed by atoms with E-state index in [9.17, 15) is 9.90 Å². The summed E-state index contributed by atoms with van der Waals surface area (Å²) in [7, 11) is 1.75. The average Bonchev–Trinajstić information content (AvgIpc) is 2.16. The second-order valence-electron chi connectivity index (χ2n) is 4.54. The molecule has 94 valence electrons. The minimum atomic E-state index is -0.540. The Kier molecular flexibility index (Phi) is 7.17. The molecule has 0 amide bonds. The molecule has 0 aromatic carbocycles. The quantitative estimate of drug-likeness (QED) is 0.490. The molecule has 0 bridgehead atoms. The molecule has 2 N–H and O–H groups in total. The van der Waals surface area contributed by atoms with E-state index in [4.69, 9.17) is 5.41 Å². The Labute approximate surface area is 98.2 Å². The number of carbonyl (C=O) groups is 1. The summed E-state index contributed by atoms with van der Waals surface area (Å²) in [4.78, 5) is 13.4. The molecule has 0 aliphatic carbocycles. The number of carbonyl (C=O) groups excluding carboxylic acids is 1. The fourth-order valence-electron chi connectivity index (χ4n) is 1.56. The molecule has 0 aromatic heterocycles. The van der Waals surface area contributed by atoms with Crippen LogP contribution in [0.15, 0.2) is 0 Å². The lowest BCUT2D eigenvalue weighted by Crippen LogP contribution is -2.37. The van der Waals surface area contributed by atoms with Gasteiger partial charge in [0.05, 0.1) is 6.54 Å². The third-order valence-electron chi connectivity index (χ3n) is 2.62. The first-order valence-corrected chi connectivity index (χ1v) is 5.83. The van der Waals surface area contributed by atoms with E-state index < -0.39 is 6.23 Å². The first kappa shape index (κ1) is 15.3. The Balaban J connectivity index is 4.07. The van der Waals surface area contributed by atoms with Gasteiger partial charge in [0.15, 0.2) is 0 Å². The smallest absolute Gasteiger partial charge is 0.150 e. The maximum absolute atomic E-state index is 11.7. The molecule has 0 radical (unpaired) electrons. The van der Waals surface area contributed by atoms with Gasteiger partial charge >= 0.3 is 0 Å². The molecule has 4 nitrogen and oxygen atoms in total. The molecule has 0 aromatic rings. The van der Waals surface area contributed by atoms with Gasteiger partial charge in [0.2, 0.25) is 0 Å². The Hall–Kier alpha value is -0.740. The van der Waals surface area contributed by atoms with E-state index in [2.05, 4.69) is 0 Å². The largest absolute Gasteiger partial charge is 0.378 e. The molecule has 4 heteroatoms. The first-order chi connectivity index (χ1) is 7.38. The van der Waals surface area contributed by atoms with E-state index in [-0.39, 0.29) is 18.2 Å². The topological polar surface area (TPSA) is 64.4 Å². The monoisotopic (exact) mass is 228 g/mol. The molecule has 0 spiro atoms. The third kappa shape index (κ3) is 5.98. The number of ketones is 1. The molecular formula is C12H24N2O2. The lowest BCUT2D eigenvalue weighted by molar-refractivity contribution is -0.125. The number of hydrogen-bond acceptors (Lipinski definition) is 4. The van der Waals surface area contributed by atoms with Crippen LogP contribution in [-0.4, -0.2) is 41.3 Å². The van der Waals surface area contributed by atoms with E-state index in [1.807, 2.05) is 13.8 Å². The molecule has 0 saturated carbocycles. The lowest BCUT2D eigenvalue weighted by Gasteiger charge is -2.23. The van der Waals surface area contributed by atoms with Gasteiger partial charge in [0.25, 0.3) is 0 Å². The molecule has 0 aliphatic rings. The lowest BCUT2D eigenvalue weighted by atomic mass is 9.99. The highest BCUT2D eigenvalue weighted by molar-refractivity contribution is 5.88. The number of Topliss-reactive ketones (excluding diaryl/α,β-unsaturated/α-hetero) is 1. The van der Waals surface area contributed by atoms with Crippen molar-refractivity contribution in [3.05, 3.63) is 0 Å². The van der Waals surface area contributed by atoms with E-state index in [1.165, 1.54) is 0 Å². The highest BCUT2D eigenvalue weighted by atomic mass is 16.3. The SMILES string of the molecule is CCCC(O)N(C)CC(=O)C(C)CC(C)=N. The van der Waals surface area contributed by atoms with Crippen LogP contribution in [-0.2, 0) is 4.79 Å². The third-order valence-corrected chi connectivity index (χ3v) is 2.62. The summed E-state index contributed by atoms with van der Waals surface area (Å²) in [5.74, 6) is -0.0435. The van der Waals surface area contributed by atoms with Crippen molar-refractivity contribution in [2.24, 2.45) is 5.92 Å². The number of aliphatic hydroxyl groups excluding tert-OH is 1. The molecule has 2 unspecified atom stereocenters. The van der Waals surface area contributed by atoms with E-state index >= 15 is 0 Å². The van der Waals surface area contributed by atoms with Crippen molar-refractivity contribution in [2.45, 2.75) is 46.3 Å². The van der Waals surface area contributed by atoms with Gasteiger partial charge in [-0.1, -0.05) is 20.3 Å². The standard InChI is InChI=1S/C12H24N2O2/c1-5-6-12(16)14(4)8-11(15)9(2)7-10(3)13/h9,12-13,16H,5-8H2,1-4H3. The van der Waals surface area contributed by atoms with E-state index in [0.717, 1.165) is 6.42 Å². The van der Waals surface area contributed by atoms with Crippen molar-refractivity contribution < 1.29 is 9.90 Å². The van der Waals surface area contributed by atoms with Gasteiger partial charge in [-0.05, 0) is 26.8 Å². The van der Waals surface area contributed by atoms with E-state index in [1.54, 1.807) is 18.9 Å². The second-order valence-corrected chi connectivity index (χ2v) is 4.54. The normalized spacial score (nSPS) is 14.9. The van der Waals surface area contributed by atoms with Gasteiger partial charge in [-0.15, -0.1) is 0 Å². The Bertz CT molecular complexity index is 241. The Morgan fingerprint density at radius 2 is 2.06 bits per heavy atom. The molecule has 16 heavy (non-hydrogen) atoms. The minimum Gasteiger partial charge on any atom is -0.378 e. The summed E-state index contributed by atoms with van der Waals surface area (Å²) in [6, 6.07) is 0. The van der Waals surface area contributed by atoms with Crippen LogP contribution in [0.1, 0.15) is 40.0 Å². The number of hydrogen-bond donors (Lipinski definition) is 2. The second kappa shape index (κ2) is 7.52. The molecular weight excluding hydrogens is 204 g/mol. The Morgan fingerprint density at radius 3 is 2.50 bits per heavy atom. The summed E-state index contributed by atoms with van der Waals surface area (Å²) < 4.78 is 0. The highest BCUT2D eigenvalue weighted by Gasteiger charge is 2.18. The predicted molar refractivity (Wildman–Crippen MR) is 65.7 cm³/mol. The summed E-state index contributed by atoms with van der Waals surface area (Å²) in [5.41, 5.74) is 0.526. The predicted octanol–water partition coefficient (Wildman–Crippen LogP) is 1.67. The molecule has 0 rings (SSSR count). The number of likely N-dealkylation sites (N-methyl/N-ethyl adjacent to an activating group) is 1. The van der Waals surface area contributed by atoms with Crippen molar-refractivity contribution in [2.75, 3.05) is 13.6 Å². The van der Waals surface area contributed by atoms with Crippen molar-refractivity contribution in [3.8, 4) is 0 Å². The molecule has 2 atom stereocenters. The molecule has 0 fully saturated rings. The van der Waals surface area contributed by atoms with Crippen LogP contribution in [0, 0.1) is 11.3 Å². The summed E-state index contributed by atoms with van der Waals surface area (Å²) >= 11 is 0. The average molecular weight is 228 g/mol. The molecule has 0 heterocycles. The Morgan fingerprint density at radius 1 is 1.50 bits per heavy atom. The summed E-state index contributed by atoms with van der Waals surface area (Å²) in [6.07, 6.45) is 1.55. The van der Waals surface area contributed by atoms with Crippen molar-refractivity contribution in [1.29, 1.82) is 5.41 Å². The van der Waals surface area contributed by atoms with Crippen LogP contribution in [0.4, 0.5) is 0 Å². The number of aliphatic hydroxyl groups is 1. The maximum atomic E-state index is 11.7. The van der Waals surface area contributed by atoms with Gasteiger partial charge in [0.1, 0.15) is 12.0 Å². The van der Waals surface area contributed by atoms with Gasteiger partial charge in [-0.3, -0.25) is 9.69 Å². The fourth-order valence-corrected chi connectivity index (χ4v) is 1.56. The van der Waals surface area contributed by atoms with Gasteiger partial charge < -0.3 is 10.5 Å². The van der Waals surface area contributed by atoms with Crippen LogP contribution < -0.4 is 0 Å². The minimum absolute atomic E-state index is 0.0873. The highest BCUT2D eigenvalue weighted by Crippen LogP contribution is 2.08. The number of nitrogens with one attached hydrogen (secondary N) is 1. The van der Waals surface area contributed by atoms with Crippen molar-refractivity contribution >= 4 is 11.5 Å². The van der Waals surface area contributed by atoms with Gasteiger partial charge in [-0.25, -0.2) is 0 Å². The van der Waals surface area contributed by atoms with Crippen LogP contribution in [0.5, 0.6) is 0 Å². The van der Waals surface area contributed by atoms with E-state index in [0.29, 0.717) is 18.6 Å². The van der Waals surface area contributed by atoms with Gasteiger partial charge in [0, 0.05) is 11.6 Å². The van der Waals surface area contributed by atoms with Crippen molar-refractivity contribution in [1.82, 2.24) is 4.90 Å².